The summed E-state index contributed by atoms with van der Waals surface area (Å²) in [5.74, 6) is 0.393. The molecule has 2 rings (SSSR count). The molecule has 6 heteroatoms. The second kappa shape index (κ2) is 5.26. The van der Waals surface area contributed by atoms with Crippen LogP contribution in [0.1, 0.15) is 0 Å². The summed E-state index contributed by atoms with van der Waals surface area (Å²) < 4.78 is 10.0. The van der Waals surface area contributed by atoms with Crippen molar-refractivity contribution in [1.29, 1.82) is 5.26 Å². The van der Waals surface area contributed by atoms with Crippen molar-refractivity contribution in [2.75, 3.05) is 19.1 Å². The van der Waals surface area contributed by atoms with Crippen molar-refractivity contribution in [3.63, 3.8) is 0 Å². The van der Waals surface area contributed by atoms with Crippen LogP contribution in [0.4, 0.5) is 5.69 Å². The molecule has 1 amide bonds. The Bertz CT molecular complexity index is 508. The van der Waals surface area contributed by atoms with Gasteiger partial charge in [-0.25, -0.2) is 0 Å². The number of benzene rings is 1. The minimum atomic E-state index is -1.29. The number of hydrogen-bond acceptors (Lipinski definition) is 5. The molecule has 19 heavy (non-hydrogen) atoms. The molecule has 1 aromatic rings. The number of rotatable bonds is 4. The van der Waals surface area contributed by atoms with E-state index in [-0.39, 0.29) is 5.91 Å². The number of anilines is 1. The van der Waals surface area contributed by atoms with Crippen LogP contribution in [-0.2, 0) is 9.53 Å². The van der Waals surface area contributed by atoms with Gasteiger partial charge in [0.15, 0.2) is 12.2 Å². The number of hydrogen-bond donors (Lipinski definition) is 1. The minimum absolute atomic E-state index is 0.271. The van der Waals surface area contributed by atoms with Crippen LogP contribution in [0.2, 0.25) is 0 Å². The first-order valence-electron chi connectivity index (χ1n) is 5.71. The van der Waals surface area contributed by atoms with Gasteiger partial charge in [-0.15, -0.1) is 0 Å². The van der Waals surface area contributed by atoms with Gasteiger partial charge in [-0.1, -0.05) is 0 Å². The molecule has 1 aliphatic heterocycles. The zero-order valence-corrected chi connectivity index (χ0v) is 10.6. The Labute approximate surface area is 110 Å². The number of β-lactam (4-membered cyclic amide) rings is 1. The second-order valence-electron chi connectivity index (χ2n) is 4.13. The molecule has 0 bridgehead atoms. The van der Waals surface area contributed by atoms with Crippen molar-refractivity contribution in [2.24, 2.45) is 0 Å². The molecular weight excluding hydrogens is 248 g/mol. The number of aliphatic hydroxyl groups excluding tert-OH is 1. The number of aliphatic hydroxyl groups is 1. The third kappa shape index (κ3) is 2.14. The van der Waals surface area contributed by atoms with E-state index in [4.69, 9.17) is 14.7 Å². The molecule has 1 heterocycles. The second-order valence-corrected chi connectivity index (χ2v) is 4.13. The zero-order chi connectivity index (χ0) is 14.0. The van der Waals surface area contributed by atoms with Crippen LogP contribution >= 0.6 is 0 Å². The Kier molecular flexibility index (Phi) is 3.69. The third-order valence-corrected chi connectivity index (χ3v) is 3.15. The molecule has 0 saturated carbocycles. The summed E-state index contributed by atoms with van der Waals surface area (Å²) in [6.07, 6.45) is -2.07. The van der Waals surface area contributed by atoms with Crippen molar-refractivity contribution >= 4 is 11.6 Å². The van der Waals surface area contributed by atoms with E-state index in [2.05, 4.69) is 0 Å². The SMILES string of the molecule is COc1ccc(N2C(=O)[C@H](OC)[C@@H]2[C@@H](O)C#N)cc1. The van der Waals surface area contributed by atoms with E-state index < -0.39 is 18.2 Å². The molecule has 1 aromatic carbocycles. The number of carbonyl (C=O) groups excluding carboxylic acids is 1. The van der Waals surface area contributed by atoms with E-state index in [1.807, 2.05) is 0 Å². The number of ether oxygens (including phenoxy) is 2. The predicted molar refractivity (Wildman–Crippen MR) is 66.7 cm³/mol. The Morgan fingerprint density at radius 2 is 2.00 bits per heavy atom. The fraction of sp³-hybridized carbons (Fsp3) is 0.385. The fourth-order valence-corrected chi connectivity index (χ4v) is 2.15. The van der Waals surface area contributed by atoms with Gasteiger partial charge in [-0.3, -0.25) is 4.79 Å². The minimum Gasteiger partial charge on any atom is -0.497 e. The Morgan fingerprint density at radius 1 is 1.37 bits per heavy atom. The van der Waals surface area contributed by atoms with Gasteiger partial charge in [-0.05, 0) is 24.3 Å². The molecule has 0 aliphatic carbocycles. The van der Waals surface area contributed by atoms with Crippen LogP contribution in [0.25, 0.3) is 0 Å². The van der Waals surface area contributed by atoms with Crippen molar-refractivity contribution in [1.82, 2.24) is 0 Å². The molecule has 0 aromatic heterocycles. The number of nitriles is 1. The highest BCUT2D eigenvalue weighted by molar-refractivity contribution is 6.05. The smallest absolute Gasteiger partial charge is 0.258 e. The van der Waals surface area contributed by atoms with E-state index in [1.54, 1.807) is 37.4 Å². The number of amides is 1. The van der Waals surface area contributed by atoms with Gasteiger partial charge < -0.3 is 19.5 Å². The van der Waals surface area contributed by atoms with Gasteiger partial charge in [0, 0.05) is 12.8 Å². The maximum atomic E-state index is 11.9. The summed E-state index contributed by atoms with van der Waals surface area (Å²) in [6.45, 7) is 0. The average molecular weight is 262 g/mol. The summed E-state index contributed by atoms with van der Waals surface area (Å²) in [6, 6.07) is 7.85. The fourth-order valence-electron chi connectivity index (χ4n) is 2.15. The monoisotopic (exact) mass is 262 g/mol. The topological polar surface area (TPSA) is 82.8 Å². The Balaban J connectivity index is 2.27. The predicted octanol–water partition coefficient (Wildman–Crippen LogP) is 0.310. The lowest BCUT2D eigenvalue weighted by atomic mass is 9.92. The summed E-state index contributed by atoms with van der Waals surface area (Å²) in [7, 11) is 2.93. The Morgan fingerprint density at radius 3 is 2.47 bits per heavy atom. The molecule has 0 spiro atoms. The standard InChI is InChI=1S/C13H14N2O4/c1-18-9-5-3-8(4-6-9)15-11(10(16)7-14)12(19-2)13(15)17/h3-6,10-12,16H,1-2H3/t10-,11-,12+/m0/s1. The quantitative estimate of drug-likeness (QED) is 0.623. The third-order valence-electron chi connectivity index (χ3n) is 3.15. The number of methoxy groups -OCH3 is 2. The highest BCUT2D eigenvalue weighted by Gasteiger charge is 2.52. The lowest BCUT2D eigenvalue weighted by Crippen LogP contribution is -2.70. The van der Waals surface area contributed by atoms with Crippen molar-refractivity contribution in [3.05, 3.63) is 24.3 Å². The van der Waals surface area contributed by atoms with E-state index in [1.165, 1.54) is 12.0 Å². The first-order valence-corrected chi connectivity index (χ1v) is 5.71. The van der Waals surface area contributed by atoms with Gasteiger partial charge in [-0.2, -0.15) is 5.26 Å². The van der Waals surface area contributed by atoms with Crippen LogP contribution < -0.4 is 9.64 Å². The van der Waals surface area contributed by atoms with Crippen LogP contribution in [0.3, 0.4) is 0 Å². The summed E-state index contributed by atoms with van der Waals surface area (Å²) in [5.41, 5.74) is 0.596. The molecule has 1 saturated heterocycles. The molecule has 0 radical (unpaired) electrons. The molecule has 1 aliphatic rings. The molecule has 0 unspecified atom stereocenters. The molecule has 3 atom stereocenters. The van der Waals surface area contributed by atoms with Gasteiger partial charge in [0.1, 0.15) is 11.8 Å². The first kappa shape index (κ1) is 13.3. The number of nitrogens with zero attached hydrogens (tertiary/aromatic N) is 2. The first-order chi connectivity index (χ1) is 9.13. The average Bonchev–Trinajstić information content (AvgIpc) is 2.45. The summed E-state index contributed by atoms with van der Waals surface area (Å²) in [4.78, 5) is 13.3. The highest BCUT2D eigenvalue weighted by atomic mass is 16.5. The highest BCUT2D eigenvalue weighted by Crippen LogP contribution is 2.32. The van der Waals surface area contributed by atoms with Crippen molar-refractivity contribution in [2.45, 2.75) is 18.2 Å². The summed E-state index contributed by atoms with van der Waals surface area (Å²) >= 11 is 0. The zero-order valence-electron chi connectivity index (χ0n) is 10.6. The van der Waals surface area contributed by atoms with Gasteiger partial charge in [0.2, 0.25) is 0 Å². The van der Waals surface area contributed by atoms with E-state index in [0.717, 1.165) is 0 Å². The van der Waals surface area contributed by atoms with Crippen LogP contribution in [0.5, 0.6) is 5.75 Å². The van der Waals surface area contributed by atoms with Crippen molar-refractivity contribution in [3.8, 4) is 11.8 Å². The van der Waals surface area contributed by atoms with E-state index in [0.29, 0.717) is 11.4 Å². The van der Waals surface area contributed by atoms with Crippen LogP contribution in [0.15, 0.2) is 24.3 Å². The van der Waals surface area contributed by atoms with Crippen LogP contribution in [0, 0.1) is 11.3 Å². The normalized spacial score (nSPS) is 23.5. The largest absolute Gasteiger partial charge is 0.497 e. The van der Waals surface area contributed by atoms with Gasteiger partial charge >= 0.3 is 0 Å². The maximum absolute atomic E-state index is 11.9. The van der Waals surface area contributed by atoms with Gasteiger partial charge in [0.25, 0.3) is 5.91 Å². The lowest BCUT2D eigenvalue weighted by Gasteiger charge is -2.46. The summed E-state index contributed by atoms with van der Waals surface area (Å²) in [5, 5.41) is 18.5. The molecule has 6 nitrogen and oxygen atoms in total. The van der Waals surface area contributed by atoms with E-state index >= 15 is 0 Å². The molecular formula is C13H14N2O4. The number of carbonyl (C=O) groups is 1. The Hall–Kier alpha value is -2.10. The lowest BCUT2D eigenvalue weighted by molar-refractivity contribution is -0.142. The molecule has 1 N–H and O–H groups in total. The van der Waals surface area contributed by atoms with Crippen molar-refractivity contribution < 1.29 is 19.4 Å². The van der Waals surface area contributed by atoms with Gasteiger partial charge in [0.05, 0.1) is 13.2 Å². The maximum Gasteiger partial charge on any atom is 0.258 e. The molecule has 1 fully saturated rings. The molecule has 100 valence electrons. The van der Waals surface area contributed by atoms with Crippen LogP contribution in [-0.4, -0.2) is 43.5 Å². The van der Waals surface area contributed by atoms with E-state index in [9.17, 15) is 9.90 Å².